The van der Waals surface area contributed by atoms with E-state index in [1.807, 2.05) is 39.0 Å². The van der Waals surface area contributed by atoms with Crippen molar-refractivity contribution >= 4 is 12.1 Å². The Morgan fingerprint density at radius 3 is 2.67 bits per heavy atom. The van der Waals surface area contributed by atoms with Crippen LogP contribution in [0.2, 0.25) is 0 Å². The third-order valence-electron chi connectivity index (χ3n) is 4.02. The molecule has 0 atom stereocenters. The summed E-state index contributed by atoms with van der Waals surface area (Å²) in [6.45, 7) is 6.23. The molecule has 0 radical (unpaired) electrons. The van der Waals surface area contributed by atoms with Gasteiger partial charge in [0.2, 0.25) is 6.41 Å². The van der Waals surface area contributed by atoms with Gasteiger partial charge >= 0.3 is 0 Å². The van der Waals surface area contributed by atoms with E-state index in [2.05, 4.69) is 15.4 Å². The quantitative estimate of drug-likeness (QED) is 0.325. The molecule has 2 aromatic heterocycles. The first kappa shape index (κ1) is 22.4. The van der Waals surface area contributed by atoms with Crippen molar-refractivity contribution < 1.29 is 13.9 Å². The number of halogens is 1. The summed E-state index contributed by atoms with van der Waals surface area (Å²) in [5, 5.41) is 6.74. The lowest BCUT2D eigenvalue weighted by atomic mass is 10.1. The Kier molecular flexibility index (Phi) is 7.92. The second kappa shape index (κ2) is 10.6. The van der Waals surface area contributed by atoms with Crippen LogP contribution in [0.3, 0.4) is 0 Å². The Morgan fingerprint density at radius 2 is 2.00 bits per heavy atom. The van der Waals surface area contributed by atoms with Crippen molar-refractivity contribution in [3.05, 3.63) is 77.5 Å². The molecule has 158 valence electrons. The van der Waals surface area contributed by atoms with E-state index in [0.29, 0.717) is 13.0 Å². The van der Waals surface area contributed by atoms with Gasteiger partial charge in [0.1, 0.15) is 11.6 Å². The maximum atomic E-state index is 13.2. The van der Waals surface area contributed by atoms with Crippen LogP contribution < -0.4 is 16.8 Å². The van der Waals surface area contributed by atoms with Crippen LogP contribution in [0.5, 0.6) is 0 Å². The van der Waals surface area contributed by atoms with Crippen molar-refractivity contribution in [1.82, 2.24) is 19.9 Å². The van der Waals surface area contributed by atoms with Gasteiger partial charge in [-0.05, 0) is 51.1 Å². The first-order valence-electron chi connectivity index (χ1n) is 9.20. The molecule has 0 bridgehead atoms. The van der Waals surface area contributed by atoms with Gasteiger partial charge in [0.15, 0.2) is 11.5 Å². The number of ether oxygens (including phenoxy) is 1. The van der Waals surface area contributed by atoms with Crippen LogP contribution in [0.4, 0.5) is 4.39 Å². The Morgan fingerprint density at radius 1 is 1.23 bits per heavy atom. The molecule has 3 rings (SSSR count). The summed E-state index contributed by atoms with van der Waals surface area (Å²) in [6.07, 6.45) is 3.39. The van der Waals surface area contributed by atoms with Gasteiger partial charge in [-0.3, -0.25) is 4.79 Å². The normalized spacial score (nSPS) is 11.6. The van der Waals surface area contributed by atoms with E-state index in [1.54, 1.807) is 10.6 Å². The van der Waals surface area contributed by atoms with Gasteiger partial charge in [0.25, 0.3) is 0 Å². The zero-order chi connectivity index (χ0) is 22.1. The first-order chi connectivity index (χ1) is 14.3. The molecular formula is C21H25FN6O2. The molecule has 5 N–H and O–H groups in total. The van der Waals surface area contributed by atoms with Gasteiger partial charge in [-0.15, -0.1) is 0 Å². The number of fused-ring (bicyclic) bond motifs is 1. The molecule has 8 nitrogen and oxygen atoms in total. The Hall–Kier alpha value is -3.88. The summed E-state index contributed by atoms with van der Waals surface area (Å²) >= 11 is 0. The van der Waals surface area contributed by atoms with Crippen molar-refractivity contribution in [1.29, 1.82) is 0 Å². The lowest BCUT2D eigenvalue weighted by molar-refractivity contribution is -0.108. The standard InChI is InChI=1S/C14H12FN3.C7H13N3O2/c1-9-10(2)18-14(16-9)7-6-13(17-18)11-4-3-5-12(15)8-11;1-2-12-7(9)4-3-6(8)10-5-11/h3-8H,1-2H3;3-5H,2,8-9H2,1H3,(H,10,11)/b;6-3+,7-4+. The van der Waals surface area contributed by atoms with E-state index in [4.69, 9.17) is 16.2 Å². The topological polar surface area (TPSA) is 121 Å². The van der Waals surface area contributed by atoms with Crippen molar-refractivity contribution in [2.45, 2.75) is 20.8 Å². The van der Waals surface area contributed by atoms with Gasteiger partial charge in [-0.1, -0.05) is 12.1 Å². The Labute approximate surface area is 174 Å². The molecule has 0 fully saturated rings. The van der Waals surface area contributed by atoms with E-state index in [-0.39, 0.29) is 17.5 Å². The molecule has 3 aromatic rings. The highest BCUT2D eigenvalue weighted by Crippen LogP contribution is 2.19. The predicted molar refractivity (Wildman–Crippen MR) is 113 cm³/mol. The van der Waals surface area contributed by atoms with E-state index >= 15 is 0 Å². The van der Waals surface area contributed by atoms with Crippen molar-refractivity contribution in [2.75, 3.05) is 6.61 Å². The molecule has 0 saturated carbocycles. The lowest BCUT2D eigenvalue weighted by Gasteiger charge is -2.02. The van der Waals surface area contributed by atoms with Crippen LogP contribution in [0.25, 0.3) is 16.9 Å². The zero-order valence-electron chi connectivity index (χ0n) is 17.1. The first-order valence-corrected chi connectivity index (χ1v) is 9.20. The largest absolute Gasteiger partial charge is 0.480 e. The number of nitrogens with one attached hydrogen (secondary N) is 1. The number of carbonyl (C=O) groups is 1. The average Bonchev–Trinajstić information content (AvgIpc) is 3.01. The fraction of sp³-hybridized carbons (Fsp3) is 0.190. The van der Waals surface area contributed by atoms with Crippen LogP contribution in [0.15, 0.2) is 60.3 Å². The van der Waals surface area contributed by atoms with Crippen LogP contribution in [0, 0.1) is 19.7 Å². The summed E-state index contributed by atoms with van der Waals surface area (Å²) in [5.74, 6) is 0.216. The van der Waals surface area contributed by atoms with E-state index in [0.717, 1.165) is 28.3 Å². The second-order valence-corrected chi connectivity index (χ2v) is 6.17. The molecular weight excluding hydrogens is 387 g/mol. The smallest absolute Gasteiger partial charge is 0.212 e. The molecule has 0 aliphatic carbocycles. The maximum Gasteiger partial charge on any atom is 0.212 e. The number of amides is 1. The van der Waals surface area contributed by atoms with Crippen LogP contribution in [-0.2, 0) is 9.53 Å². The highest BCUT2D eigenvalue weighted by Gasteiger charge is 2.07. The van der Waals surface area contributed by atoms with Crippen molar-refractivity contribution in [3.8, 4) is 11.3 Å². The minimum Gasteiger partial charge on any atom is -0.480 e. The summed E-state index contributed by atoms with van der Waals surface area (Å²) in [6, 6.07) is 10.2. The molecule has 1 aromatic carbocycles. The van der Waals surface area contributed by atoms with Gasteiger partial charge in [0, 0.05) is 11.6 Å². The minimum absolute atomic E-state index is 0.215. The summed E-state index contributed by atoms with van der Waals surface area (Å²) < 4.78 is 19.9. The maximum absolute atomic E-state index is 13.2. The lowest BCUT2D eigenvalue weighted by Crippen LogP contribution is -2.17. The highest BCUT2D eigenvalue weighted by molar-refractivity contribution is 5.60. The van der Waals surface area contributed by atoms with Crippen molar-refractivity contribution in [2.24, 2.45) is 11.5 Å². The number of imidazole rings is 1. The van der Waals surface area contributed by atoms with Crippen molar-refractivity contribution in [3.63, 3.8) is 0 Å². The molecule has 2 heterocycles. The monoisotopic (exact) mass is 412 g/mol. The number of aromatic nitrogens is 3. The number of allylic oxidation sites excluding steroid dienone is 2. The number of nitrogens with two attached hydrogens (primary N) is 2. The minimum atomic E-state index is -0.257. The number of benzene rings is 1. The van der Waals surface area contributed by atoms with Crippen LogP contribution >= 0.6 is 0 Å². The summed E-state index contributed by atoms with van der Waals surface area (Å²) in [4.78, 5) is 14.3. The number of hydrogen-bond acceptors (Lipinski definition) is 6. The van der Waals surface area contributed by atoms with Crippen LogP contribution in [0.1, 0.15) is 18.3 Å². The van der Waals surface area contributed by atoms with Gasteiger partial charge < -0.3 is 21.5 Å². The third-order valence-corrected chi connectivity index (χ3v) is 4.02. The molecule has 0 unspecified atom stereocenters. The van der Waals surface area contributed by atoms with E-state index in [9.17, 15) is 9.18 Å². The highest BCUT2D eigenvalue weighted by atomic mass is 19.1. The molecule has 0 spiro atoms. The number of nitrogens with zero attached hydrogens (tertiary/aromatic N) is 3. The SMILES string of the molecule is CCO/C(N)=C/C=C(\N)NC=O.Cc1nc2ccc(-c3cccc(F)c3)nn2c1C. The van der Waals surface area contributed by atoms with E-state index < -0.39 is 0 Å². The fourth-order valence-corrected chi connectivity index (χ4v) is 2.46. The van der Waals surface area contributed by atoms with Gasteiger partial charge in [0.05, 0.1) is 23.7 Å². The van der Waals surface area contributed by atoms with Crippen LogP contribution in [-0.4, -0.2) is 27.6 Å². The van der Waals surface area contributed by atoms with Gasteiger partial charge in [-0.2, -0.15) is 5.10 Å². The molecule has 0 aliphatic rings. The fourth-order valence-electron chi connectivity index (χ4n) is 2.46. The molecule has 0 saturated heterocycles. The summed E-state index contributed by atoms with van der Waals surface area (Å²) in [7, 11) is 0. The summed E-state index contributed by atoms with van der Waals surface area (Å²) in [5.41, 5.74) is 14.9. The zero-order valence-corrected chi connectivity index (χ0v) is 17.1. The number of carbonyl (C=O) groups excluding carboxylic acids is 1. The molecule has 30 heavy (non-hydrogen) atoms. The molecule has 0 aliphatic heterocycles. The Balaban J connectivity index is 0.000000235. The Bertz CT molecular complexity index is 1070. The third kappa shape index (κ3) is 6.06. The number of hydrogen-bond donors (Lipinski definition) is 3. The average molecular weight is 412 g/mol. The predicted octanol–water partition coefficient (Wildman–Crippen LogP) is 2.52. The second-order valence-electron chi connectivity index (χ2n) is 6.17. The molecule has 1 amide bonds. The van der Waals surface area contributed by atoms with E-state index in [1.165, 1.54) is 24.3 Å². The number of rotatable bonds is 6. The molecule has 9 heteroatoms. The number of aryl methyl sites for hydroxylation is 2. The van der Waals surface area contributed by atoms with Gasteiger partial charge in [-0.25, -0.2) is 13.9 Å².